The Kier molecular flexibility index (Phi) is 6.67. The highest BCUT2D eigenvalue weighted by atomic mass is 19.1. The Bertz CT molecular complexity index is 698. The maximum absolute atomic E-state index is 13.5. The monoisotopic (exact) mass is 369 g/mol. The molecule has 0 radical (unpaired) electrons. The molecule has 1 aliphatic heterocycles. The van der Waals surface area contributed by atoms with Gasteiger partial charge in [0.05, 0.1) is 5.60 Å². The zero-order valence-electron chi connectivity index (χ0n) is 16.7. The van der Waals surface area contributed by atoms with E-state index < -0.39 is 0 Å². The van der Waals surface area contributed by atoms with E-state index in [0.29, 0.717) is 17.8 Å². The van der Waals surface area contributed by atoms with E-state index in [1.54, 1.807) is 12.1 Å². The van der Waals surface area contributed by atoms with Crippen molar-refractivity contribution in [1.82, 2.24) is 5.32 Å². The maximum Gasteiger partial charge on any atom is 0.123 e. The van der Waals surface area contributed by atoms with Gasteiger partial charge in [0.15, 0.2) is 0 Å². The first-order valence-corrected chi connectivity index (χ1v) is 10.1. The van der Waals surface area contributed by atoms with Crippen molar-refractivity contribution < 1.29 is 9.13 Å². The maximum atomic E-state index is 13.5. The highest BCUT2D eigenvalue weighted by Crippen LogP contribution is 2.42. The Labute approximate surface area is 163 Å². The Morgan fingerprint density at radius 2 is 1.81 bits per heavy atom. The molecule has 1 fully saturated rings. The van der Waals surface area contributed by atoms with Crippen molar-refractivity contribution in [2.24, 2.45) is 11.8 Å². The molecule has 0 spiro atoms. The molecule has 2 aromatic carbocycles. The summed E-state index contributed by atoms with van der Waals surface area (Å²) in [7, 11) is 0. The van der Waals surface area contributed by atoms with Gasteiger partial charge in [-0.2, -0.15) is 0 Å². The summed E-state index contributed by atoms with van der Waals surface area (Å²) >= 11 is 0. The predicted octanol–water partition coefficient (Wildman–Crippen LogP) is 5.54. The van der Waals surface area contributed by atoms with Gasteiger partial charge in [-0.05, 0) is 74.2 Å². The Morgan fingerprint density at radius 3 is 2.48 bits per heavy atom. The number of rotatable bonds is 7. The largest absolute Gasteiger partial charge is 0.376 e. The van der Waals surface area contributed by atoms with Crippen molar-refractivity contribution in [3.8, 4) is 0 Å². The van der Waals surface area contributed by atoms with Crippen LogP contribution in [0.15, 0.2) is 54.6 Å². The number of hydrogen-bond donors (Lipinski definition) is 1. The van der Waals surface area contributed by atoms with Crippen LogP contribution >= 0.6 is 0 Å². The third kappa shape index (κ3) is 5.63. The summed E-state index contributed by atoms with van der Waals surface area (Å²) < 4.78 is 19.4. The first-order valence-electron chi connectivity index (χ1n) is 10.1. The molecule has 3 rings (SSSR count). The van der Waals surface area contributed by atoms with Crippen LogP contribution < -0.4 is 5.32 Å². The zero-order valence-corrected chi connectivity index (χ0v) is 16.7. The number of benzene rings is 2. The van der Waals surface area contributed by atoms with Gasteiger partial charge in [0.1, 0.15) is 5.82 Å². The van der Waals surface area contributed by atoms with Crippen LogP contribution in [0, 0.1) is 17.7 Å². The van der Waals surface area contributed by atoms with Crippen LogP contribution in [-0.4, -0.2) is 18.8 Å². The van der Waals surface area contributed by atoms with Crippen LogP contribution in [-0.2, 0) is 11.3 Å². The number of ether oxygens (including phenoxy) is 1. The summed E-state index contributed by atoms with van der Waals surface area (Å²) in [6, 6.07) is 17.6. The van der Waals surface area contributed by atoms with Gasteiger partial charge in [0, 0.05) is 13.2 Å². The lowest BCUT2D eigenvalue weighted by Crippen LogP contribution is -2.39. The lowest BCUT2D eigenvalue weighted by Gasteiger charge is -2.41. The summed E-state index contributed by atoms with van der Waals surface area (Å²) in [4.78, 5) is 0. The Hall–Kier alpha value is -1.71. The van der Waals surface area contributed by atoms with E-state index in [0.717, 1.165) is 32.5 Å². The molecule has 0 saturated carbocycles. The number of halogens is 1. The van der Waals surface area contributed by atoms with Gasteiger partial charge >= 0.3 is 0 Å². The molecule has 2 nitrogen and oxygen atoms in total. The van der Waals surface area contributed by atoms with E-state index in [9.17, 15) is 4.39 Å². The highest BCUT2D eigenvalue weighted by Gasteiger charge is 2.36. The molecule has 1 heterocycles. The van der Waals surface area contributed by atoms with Crippen LogP contribution in [0.25, 0.3) is 0 Å². The first-order chi connectivity index (χ1) is 12.9. The molecule has 1 saturated heterocycles. The molecule has 1 aliphatic rings. The van der Waals surface area contributed by atoms with Crippen LogP contribution in [0.2, 0.25) is 0 Å². The van der Waals surface area contributed by atoms with Crippen molar-refractivity contribution in [3.05, 3.63) is 71.5 Å². The van der Waals surface area contributed by atoms with Gasteiger partial charge in [-0.1, -0.05) is 49.4 Å². The average Bonchev–Trinajstić information content (AvgIpc) is 2.64. The van der Waals surface area contributed by atoms with E-state index in [1.165, 1.54) is 11.1 Å². The lowest BCUT2D eigenvalue weighted by molar-refractivity contribution is -0.0795. The van der Waals surface area contributed by atoms with Crippen molar-refractivity contribution >= 4 is 0 Å². The van der Waals surface area contributed by atoms with E-state index in [1.807, 2.05) is 18.2 Å². The number of hydrogen-bond acceptors (Lipinski definition) is 2. The standard InChI is InChI=1S/C24H32FNO/c1-18(16-26-17-19-7-5-4-6-8-19)23(20-9-11-22(25)12-10-20)21-13-14-27-24(2,3)15-21/h4-12,18,21,23,26H,13-17H2,1-3H3/t18?,21-,23-/m1/s1. The molecule has 0 aliphatic carbocycles. The molecule has 146 valence electrons. The highest BCUT2D eigenvalue weighted by molar-refractivity contribution is 5.23. The van der Waals surface area contributed by atoms with Crippen molar-refractivity contribution in [3.63, 3.8) is 0 Å². The molecule has 1 N–H and O–H groups in total. The molecular formula is C24H32FNO. The SMILES string of the molecule is CC(CNCc1ccccc1)[C@H](c1ccc(F)cc1)[C@@H]1CCOC(C)(C)C1. The van der Waals surface area contributed by atoms with Crippen LogP contribution in [0.3, 0.4) is 0 Å². The third-order valence-corrected chi connectivity index (χ3v) is 5.75. The van der Waals surface area contributed by atoms with Crippen LogP contribution in [0.5, 0.6) is 0 Å². The summed E-state index contributed by atoms with van der Waals surface area (Å²) in [6.45, 7) is 9.29. The fraction of sp³-hybridized carbons (Fsp3) is 0.500. The van der Waals surface area contributed by atoms with Gasteiger partial charge in [-0.25, -0.2) is 4.39 Å². The second-order valence-corrected chi connectivity index (χ2v) is 8.53. The molecule has 3 atom stereocenters. The van der Waals surface area contributed by atoms with Gasteiger partial charge < -0.3 is 10.1 Å². The number of nitrogens with one attached hydrogen (secondary N) is 1. The smallest absolute Gasteiger partial charge is 0.123 e. The van der Waals surface area contributed by atoms with Crippen molar-refractivity contribution in [2.75, 3.05) is 13.2 Å². The van der Waals surface area contributed by atoms with Crippen LogP contribution in [0.4, 0.5) is 4.39 Å². The minimum atomic E-state index is -0.167. The van der Waals surface area contributed by atoms with E-state index in [4.69, 9.17) is 4.74 Å². The molecule has 27 heavy (non-hydrogen) atoms. The normalized spacial score (nSPS) is 21.6. The van der Waals surface area contributed by atoms with Crippen LogP contribution in [0.1, 0.15) is 50.7 Å². The quantitative estimate of drug-likeness (QED) is 0.692. The topological polar surface area (TPSA) is 21.3 Å². The Balaban J connectivity index is 1.71. The summed E-state index contributed by atoms with van der Waals surface area (Å²) in [5.74, 6) is 1.24. The molecular weight excluding hydrogens is 337 g/mol. The summed E-state index contributed by atoms with van der Waals surface area (Å²) in [5.41, 5.74) is 2.46. The fourth-order valence-electron chi connectivity index (χ4n) is 4.50. The molecule has 2 aromatic rings. The summed E-state index contributed by atoms with van der Waals surface area (Å²) in [5, 5.41) is 3.62. The fourth-order valence-corrected chi connectivity index (χ4v) is 4.50. The van der Waals surface area contributed by atoms with Gasteiger partial charge in [0.2, 0.25) is 0 Å². The van der Waals surface area contributed by atoms with E-state index in [2.05, 4.69) is 50.4 Å². The van der Waals surface area contributed by atoms with E-state index in [-0.39, 0.29) is 11.4 Å². The molecule has 0 bridgehead atoms. The zero-order chi connectivity index (χ0) is 19.3. The molecule has 3 heteroatoms. The predicted molar refractivity (Wildman–Crippen MR) is 109 cm³/mol. The molecule has 0 amide bonds. The first kappa shape index (κ1) is 20.0. The van der Waals surface area contributed by atoms with Gasteiger partial charge in [0.25, 0.3) is 0 Å². The molecule has 0 aromatic heterocycles. The minimum Gasteiger partial charge on any atom is -0.376 e. The minimum absolute atomic E-state index is 0.0849. The van der Waals surface area contributed by atoms with Crippen molar-refractivity contribution in [2.45, 2.75) is 51.7 Å². The van der Waals surface area contributed by atoms with Gasteiger partial charge in [-0.3, -0.25) is 0 Å². The van der Waals surface area contributed by atoms with E-state index >= 15 is 0 Å². The molecule has 1 unspecified atom stereocenters. The average molecular weight is 370 g/mol. The third-order valence-electron chi connectivity index (χ3n) is 5.75. The summed E-state index contributed by atoms with van der Waals surface area (Å²) in [6.07, 6.45) is 2.10. The Morgan fingerprint density at radius 1 is 1.11 bits per heavy atom. The second-order valence-electron chi connectivity index (χ2n) is 8.53. The lowest BCUT2D eigenvalue weighted by atomic mass is 9.71. The van der Waals surface area contributed by atoms with Crippen molar-refractivity contribution in [1.29, 1.82) is 0 Å². The second kappa shape index (κ2) is 8.99. The van der Waals surface area contributed by atoms with Gasteiger partial charge in [-0.15, -0.1) is 0 Å².